The second kappa shape index (κ2) is 7.99. The lowest BCUT2D eigenvalue weighted by atomic mass is 10.0. The van der Waals surface area contributed by atoms with E-state index in [9.17, 15) is 14.4 Å². The number of rotatable bonds is 6. The molecule has 1 unspecified atom stereocenters. The van der Waals surface area contributed by atoms with Gasteiger partial charge in [0.05, 0.1) is 17.0 Å². The van der Waals surface area contributed by atoms with Gasteiger partial charge in [-0.1, -0.05) is 43.7 Å². The molecule has 3 rings (SSSR count). The standard InChI is InChI=1S/C20H22N4O3/c1-3-8-16(13-9-6-5-7-10-13)22-18(25)14-11-15-17(21-12-14)24(4-2)20(27)23-19(15)26/h5-7,9-12,16H,3-4,8H2,1-2H3,(H,22,25)(H,23,26,27). The third kappa shape index (κ3) is 3.81. The highest BCUT2D eigenvalue weighted by Gasteiger charge is 2.17. The summed E-state index contributed by atoms with van der Waals surface area (Å²) >= 11 is 0. The first-order valence-corrected chi connectivity index (χ1v) is 9.03. The molecule has 2 aromatic heterocycles. The summed E-state index contributed by atoms with van der Waals surface area (Å²) in [6, 6.07) is 11.1. The topological polar surface area (TPSA) is 96.8 Å². The molecule has 0 spiro atoms. The normalized spacial score (nSPS) is 12.1. The second-order valence-corrected chi connectivity index (χ2v) is 6.32. The Labute approximate surface area is 156 Å². The van der Waals surface area contributed by atoms with E-state index in [0.29, 0.717) is 6.54 Å². The van der Waals surface area contributed by atoms with Gasteiger partial charge in [-0.05, 0) is 25.0 Å². The summed E-state index contributed by atoms with van der Waals surface area (Å²) < 4.78 is 1.36. The minimum Gasteiger partial charge on any atom is -0.345 e. The molecule has 2 N–H and O–H groups in total. The molecule has 0 radical (unpaired) electrons. The molecular weight excluding hydrogens is 344 g/mol. The zero-order valence-corrected chi connectivity index (χ0v) is 15.4. The number of hydrogen-bond donors (Lipinski definition) is 2. The van der Waals surface area contributed by atoms with Crippen LogP contribution >= 0.6 is 0 Å². The Balaban J connectivity index is 1.96. The van der Waals surface area contributed by atoms with Crippen LogP contribution in [0.5, 0.6) is 0 Å². The second-order valence-electron chi connectivity index (χ2n) is 6.32. The lowest BCUT2D eigenvalue weighted by Crippen LogP contribution is -2.31. The molecule has 0 saturated heterocycles. The predicted octanol–water partition coefficient (Wildman–Crippen LogP) is 2.38. The Morgan fingerprint density at radius 2 is 1.96 bits per heavy atom. The number of nitrogens with one attached hydrogen (secondary N) is 2. The monoisotopic (exact) mass is 366 g/mol. The molecule has 3 aromatic rings. The van der Waals surface area contributed by atoms with Crippen LogP contribution in [-0.2, 0) is 6.54 Å². The van der Waals surface area contributed by atoms with Crippen molar-refractivity contribution in [3.8, 4) is 0 Å². The molecule has 0 aliphatic rings. The van der Waals surface area contributed by atoms with Crippen LogP contribution in [0.2, 0.25) is 0 Å². The van der Waals surface area contributed by atoms with Gasteiger partial charge in [-0.25, -0.2) is 9.78 Å². The molecule has 1 atom stereocenters. The van der Waals surface area contributed by atoms with Gasteiger partial charge in [-0.2, -0.15) is 0 Å². The van der Waals surface area contributed by atoms with Crippen LogP contribution < -0.4 is 16.6 Å². The van der Waals surface area contributed by atoms with Crippen molar-refractivity contribution in [1.29, 1.82) is 0 Å². The summed E-state index contributed by atoms with van der Waals surface area (Å²) in [6.45, 7) is 4.22. The summed E-state index contributed by atoms with van der Waals surface area (Å²) in [6.07, 6.45) is 3.11. The summed E-state index contributed by atoms with van der Waals surface area (Å²) in [4.78, 5) is 43.2. The maximum Gasteiger partial charge on any atom is 0.329 e. The fraction of sp³-hybridized carbons (Fsp3) is 0.300. The Hall–Kier alpha value is -3.22. The van der Waals surface area contributed by atoms with E-state index in [0.717, 1.165) is 18.4 Å². The number of carbonyl (C=O) groups is 1. The van der Waals surface area contributed by atoms with E-state index in [4.69, 9.17) is 0 Å². The maximum absolute atomic E-state index is 12.7. The first kappa shape index (κ1) is 18.6. The van der Waals surface area contributed by atoms with Gasteiger partial charge in [0.2, 0.25) is 0 Å². The molecule has 0 aliphatic carbocycles. The van der Waals surface area contributed by atoms with E-state index in [1.54, 1.807) is 6.92 Å². The van der Waals surface area contributed by atoms with E-state index in [1.807, 2.05) is 30.3 Å². The highest BCUT2D eigenvalue weighted by Crippen LogP contribution is 2.19. The molecule has 0 fully saturated rings. The van der Waals surface area contributed by atoms with Crippen molar-refractivity contribution in [1.82, 2.24) is 19.9 Å². The lowest BCUT2D eigenvalue weighted by Gasteiger charge is -2.18. The Morgan fingerprint density at radius 3 is 2.63 bits per heavy atom. The van der Waals surface area contributed by atoms with E-state index in [-0.39, 0.29) is 28.5 Å². The highest BCUT2D eigenvalue weighted by atomic mass is 16.2. The van der Waals surface area contributed by atoms with Gasteiger partial charge in [0.15, 0.2) is 0 Å². The van der Waals surface area contributed by atoms with Crippen molar-refractivity contribution in [3.05, 3.63) is 74.6 Å². The third-order valence-corrected chi connectivity index (χ3v) is 4.50. The maximum atomic E-state index is 12.7. The average molecular weight is 366 g/mol. The van der Waals surface area contributed by atoms with Gasteiger partial charge in [0.25, 0.3) is 11.5 Å². The smallest absolute Gasteiger partial charge is 0.329 e. The first-order valence-electron chi connectivity index (χ1n) is 9.03. The number of fused-ring (bicyclic) bond motifs is 1. The van der Waals surface area contributed by atoms with Crippen molar-refractivity contribution >= 4 is 16.9 Å². The number of H-pyrrole nitrogens is 1. The zero-order chi connectivity index (χ0) is 19.4. The molecule has 7 nitrogen and oxygen atoms in total. The Morgan fingerprint density at radius 1 is 1.22 bits per heavy atom. The molecule has 1 aromatic carbocycles. The summed E-state index contributed by atoms with van der Waals surface area (Å²) in [7, 11) is 0. The van der Waals surface area contributed by atoms with Crippen LogP contribution in [0.4, 0.5) is 0 Å². The van der Waals surface area contributed by atoms with E-state index in [2.05, 4.69) is 22.2 Å². The molecular formula is C20H22N4O3. The third-order valence-electron chi connectivity index (χ3n) is 4.50. The minimum absolute atomic E-state index is 0.123. The zero-order valence-electron chi connectivity index (χ0n) is 15.4. The predicted molar refractivity (Wildman–Crippen MR) is 104 cm³/mol. The van der Waals surface area contributed by atoms with Crippen LogP contribution in [0.25, 0.3) is 11.0 Å². The van der Waals surface area contributed by atoms with Crippen molar-refractivity contribution < 1.29 is 4.79 Å². The molecule has 1 amide bonds. The Kier molecular flexibility index (Phi) is 5.49. The van der Waals surface area contributed by atoms with E-state index >= 15 is 0 Å². The SMILES string of the molecule is CCCC(NC(=O)c1cnc2c(c1)c(=O)[nH]c(=O)n2CC)c1ccccc1. The van der Waals surface area contributed by atoms with Crippen molar-refractivity contribution in [2.45, 2.75) is 39.3 Å². The van der Waals surface area contributed by atoms with Crippen LogP contribution in [0, 0.1) is 0 Å². The van der Waals surface area contributed by atoms with Crippen molar-refractivity contribution in [2.75, 3.05) is 0 Å². The number of aromatic amines is 1. The van der Waals surface area contributed by atoms with Gasteiger partial charge in [-0.3, -0.25) is 19.1 Å². The molecule has 7 heteroatoms. The molecule has 0 saturated carbocycles. The van der Waals surface area contributed by atoms with Gasteiger partial charge in [-0.15, -0.1) is 0 Å². The summed E-state index contributed by atoms with van der Waals surface area (Å²) in [5, 5.41) is 3.23. The number of nitrogens with zero attached hydrogens (tertiary/aromatic N) is 2. The number of pyridine rings is 1. The van der Waals surface area contributed by atoms with Crippen LogP contribution in [0.15, 0.2) is 52.2 Å². The summed E-state index contributed by atoms with van der Waals surface area (Å²) in [5.74, 6) is -0.305. The lowest BCUT2D eigenvalue weighted by molar-refractivity contribution is 0.0934. The molecule has 0 aliphatic heterocycles. The fourth-order valence-electron chi connectivity index (χ4n) is 3.12. The van der Waals surface area contributed by atoms with Crippen molar-refractivity contribution in [3.63, 3.8) is 0 Å². The first-order chi connectivity index (χ1) is 13.0. The molecule has 0 bridgehead atoms. The minimum atomic E-state index is -0.546. The fourth-order valence-corrected chi connectivity index (χ4v) is 3.12. The molecule has 140 valence electrons. The molecule has 27 heavy (non-hydrogen) atoms. The van der Waals surface area contributed by atoms with Crippen molar-refractivity contribution in [2.24, 2.45) is 0 Å². The van der Waals surface area contributed by atoms with Gasteiger partial charge in [0.1, 0.15) is 5.65 Å². The van der Waals surface area contributed by atoms with E-state index < -0.39 is 11.2 Å². The van der Waals surface area contributed by atoms with Gasteiger partial charge >= 0.3 is 5.69 Å². The largest absolute Gasteiger partial charge is 0.345 e. The molecule has 2 heterocycles. The Bertz CT molecular complexity index is 1070. The number of benzene rings is 1. The van der Waals surface area contributed by atoms with Gasteiger partial charge in [0, 0.05) is 12.7 Å². The average Bonchev–Trinajstić information content (AvgIpc) is 2.68. The number of aryl methyl sites for hydroxylation is 1. The van der Waals surface area contributed by atoms with Crippen LogP contribution in [0.1, 0.15) is 48.7 Å². The highest BCUT2D eigenvalue weighted by molar-refractivity contribution is 5.96. The number of carbonyl (C=O) groups excluding carboxylic acids is 1. The summed E-state index contributed by atoms with van der Waals surface area (Å²) in [5.41, 5.74) is 0.531. The number of hydrogen-bond acceptors (Lipinski definition) is 4. The van der Waals surface area contributed by atoms with Gasteiger partial charge < -0.3 is 5.32 Å². The van der Waals surface area contributed by atoms with E-state index in [1.165, 1.54) is 16.8 Å². The van der Waals surface area contributed by atoms with Crippen LogP contribution in [-0.4, -0.2) is 20.4 Å². The van der Waals surface area contributed by atoms with Crippen LogP contribution in [0.3, 0.4) is 0 Å². The number of amides is 1. The number of aromatic nitrogens is 3. The quantitative estimate of drug-likeness (QED) is 0.700.